The molecule has 6 heteroatoms. The Bertz CT molecular complexity index is 1110. The van der Waals surface area contributed by atoms with Crippen LogP contribution >= 0.6 is 11.6 Å². The molecule has 0 aliphatic heterocycles. The predicted octanol–water partition coefficient (Wildman–Crippen LogP) is 5.42. The molecular formula is C24H21ClFNO3. The van der Waals surface area contributed by atoms with E-state index in [1.165, 1.54) is 12.1 Å². The first-order valence-corrected chi connectivity index (χ1v) is 9.99. The van der Waals surface area contributed by atoms with E-state index < -0.39 is 6.10 Å². The van der Waals surface area contributed by atoms with Gasteiger partial charge in [-0.15, -0.1) is 0 Å². The van der Waals surface area contributed by atoms with Crippen molar-refractivity contribution in [3.05, 3.63) is 89.4 Å². The Morgan fingerprint density at radius 3 is 2.57 bits per heavy atom. The Hall–Kier alpha value is -2.86. The molecule has 1 heterocycles. The second-order valence-corrected chi connectivity index (χ2v) is 7.48. The average molecular weight is 426 g/mol. The summed E-state index contributed by atoms with van der Waals surface area (Å²) in [5, 5.41) is 15.6. The Balaban J connectivity index is 1.28. The van der Waals surface area contributed by atoms with E-state index >= 15 is 0 Å². The zero-order valence-corrected chi connectivity index (χ0v) is 16.9. The third kappa shape index (κ3) is 5.00. The summed E-state index contributed by atoms with van der Waals surface area (Å²) in [6.45, 7) is 1.23. The first-order valence-electron chi connectivity index (χ1n) is 9.62. The van der Waals surface area contributed by atoms with E-state index in [0.29, 0.717) is 29.6 Å². The van der Waals surface area contributed by atoms with E-state index in [0.717, 1.165) is 21.9 Å². The van der Waals surface area contributed by atoms with Crippen LogP contribution in [0.4, 0.5) is 4.39 Å². The maximum atomic E-state index is 13.3. The largest absolute Gasteiger partial charge is 0.491 e. The maximum Gasteiger partial charge on any atom is 0.141 e. The van der Waals surface area contributed by atoms with Gasteiger partial charge < -0.3 is 19.6 Å². The first kappa shape index (κ1) is 20.4. The van der Waals surface area contributed by atoms with Crippen LogP contribution < -0.4 is 10.1 Å². The minimum absolute atomic E-state index is 0.177. The highest BCUT2D eigenvalue weighted by Crippen LogP contribution is 2.31. The number of aliphatic hydroxyl groups is 1. The van der Waals surface area contributed by atoms with Gasteiger partial charge in [-0.2, -0.15) is 0 Å². The van der Waals surface area contributed by atoms with Gasteiger partial charge in [0.1, 0.15) is 30.0 Å². The highest BCUT2D eigenvalue weighted by Gasteiger charge is 2.10. The summed E-state index contributed by atoms with van der Waals surface area (Å²) in [6, 6.07) is 19.5. The number of aliphatic hydroxyl groups excluding tert-OH is 1. The van der Waals surface area contributed by atoms with Crippen molar-refractivity contribution in [3.63, 3.8) is 0 Å². The van der Waals surface area contributed by atoms with Crippen LogP contribution in [0.1, 0.15) is 5.56 Å². The molecule has 1 atom stereocenters. The second kappa shape index (κ2) is 9.30. The summed E-state index contributed by atoms with van der Waals surface area (Å²) < 4.78 is 24.6. The number of fused-ring (bicyclic) bond motifs is 1. The van der Waals surface area contributed by atoms with Crippen LogP contribution in [0.3, 0.4) is 0 Å². The lowest BCUT2D eigenvalue weighted by molar-refractivity contribution is 0.106. The SMILES string of the molecule is O[C@H](CNCc1ccc(Cl)cc1)COc1ccc(-c2occ3cc(F)ccc23)cc1. The lowest BCUT2D eigenvalue weighted by Crippen LogP contribution is -2.31. The first-order chi connectivity index (χ1) is 14.6. The summed E-state index contributed by atoms with van der Waals surface area (Å²) in [4.78, 5) is 0. The molecule has 4 rings (SSSR count). The summed E-state index contributed by atoms with van der Waals surface area (Å²) in [5.41, 5.74) is 1.96. The second-order valence-electron chi connectivity index (χ2n) is 7.04. The molecule has 0 saturated carbocycles. The quantitative estimate of drug-likeness (QED) is 0.395. The van der Waals surface area contributed by atoms with Crippen molar-refractivity contribution < 1.29 is 18.7 Å². The average Bonchev–Trinajstić information content (AvgIpc) is 3.17. The lowest BCUT2D eigenvalue weighted by atomic mass is 10.1. The number of nitrogens with one attached hydrogen (secondary N) is 1. The van der Waals surface area contributed by atoms with Gasteiger partial charge in [-0.25, -0.2) is 4.39 Å². The van der Waals surface area contributed by atoms with E-state index in [1.807, 2.05) is 48.5 Å². The number of furan rings is 1. The van der Waals surface area contributed by atoms with Gasteiger partial charge >= 0.3 is 0 Å². The Morgan fingerprint density at radius 2 is 1.80 bits per heavy atom. The van der Waals surface area contributed by atoms with Crippen LogP contribution in [0.15, 0.2) is 77.4 Å². The van der Waals surface area contributed by atoms with Crippen molar-refractivity contribution in [3.8, 4) is 17.1 Å². The lowest BCUT2D eigenvalue weighted by Gasteiger charge is -2.13. The van der Waals surface area contributed by atoms with Crippen molar-refractivity contribution in [1.82, 2.24) is 5.32 Å². The summed E-state index contributed by atoms with van der Waals surface area (Å²) in [7, 11) is 0. The Morgan fingerprint density at radius 1 is 1.03 bits per heavy atom. The topological polar surface area (TPSA) is 54.6 Å². The van der Waals surface area contributed by atoms with E-state index in [-0.39, 0.29) is 12.4 Å². The van der Waals surface area contributed by atoms with Crippen LogP contribution in [-0.2, 0) is 6.54 Å². The third-order valence-corrected chi connectivity index (χ3v) is 5.00. The fraction of sp³-hybridized carbons (Fsp3) is 0.167. The maximum absolute atomic E-state index is 13.3. The number of hydrogen-bond acceptors (Lipinski definition) is 4. The summed E-state index contributed by atoms with van der Waals surface area (Å²) >= 11 is 5.87. The van der Waals surface area contributed by atoms with E-state index in [2.05, 4.69) is 5.32 Å². The van der Waals surface area contributed by atoms with Gasteiger partial charge in [0, 0.05) is 34.4 Å². The van der Waals surface area contributed by atoms with E-state index in [1.54, 1.807) is 12.3 Å². The molecule has 0 spiro atoms. The van der Waals surface area contributed by atoms with Crippen molar-refractivity contribution in [1.29, 1.82) is 0 Å². The van der Waals surface area contributed by atoms with Crippen LogP contribution in [0.25, 0.3) is 22.1 Å². The highest BCUT2D eigenvalue weighted by atomic mass is 35.5. The zero-order chi connectivity index (χ0) is 20.9. The monoisotopic (exact) mass is 425 g/mol. The van der Waals surface area contributed by atoms with Crippen LogP contribution in [-0.4, -0.2) is 24.4 Å². The number of hydrogen-bond donors (Lipinski definition) is 2. The number of rotatable bonds is 8. The van der Waals surface area contributed by atoms with Gasteiger partial charge in [0.2, 0.25) is 0 Å². The molecule has 0 amide bonds. The van der Waals surface area contributed by atoms with Crippen molar-refractivity contribution in [2.45, 2.75) is 12.6 Å². The molecule has 0 unspecified atom stereocenters. The van der Waals surface area contributed by atoms with Gasteiger partial charge in [-0.3, -0.25) is 0 Å². The van der Waals surface area contributed by atoms with Crippen molar-refractivity contribution >= 4 is 22.4 Å². The normalized spacial score (nSPS) is 12.2. The number of benzene rings is 3. The molecule has 30 heavy (non-hydrogen) atoms. The Labute approximate surface area is 178 Å². The van der Waals surface area contributed by atoms with Gasteiger partial charge in [0.05, 0.1) is 6.26 Å². The molecular weight excluding hydrogens is 405 g/mol. The smallest absolute Gasteiger partial charge is 0.141 e. The fourth-order valence-corrected chi connectivity index (χ4v) is 3.31. The van der Waals surface area contributed by atoms with Crippen LogP contribution in [0.5, 0.6) is 5.75 Å². The van der Waals surface area contributed by atoms with Crippen LogP contribution in [0, 0.1) is 5.82 Å². The number of ether oxygens (including phenoxy) is 1. The molecule has 0 aliphatic rings. The molecule has 0 radical (unpaired) electrons. The Kier molecular flexibility index (Phi) is 6.33. The van der Waals surface area contributed by atoms with Crippen molar-refractivity contribution in [2.75, 3.05) is 13.2 Å². The minimum Gasteiger partial charge on any atom is -0.491 e. The van der Waals surface area contributed by atoms with E-state index in [4.69, 9.17) is 20.8 Å². The van der Waals surface area contributed by atoms with Gasteiger partial charge in [0.15, 0.2) is 0 Å². The summed E-state index contributed by atoms with van der Waals surface area (Å²) in [6.07, 6.45) is 0.909. The third-order valence-electron chi connectivity index (χ3n) is 4.74. The standard InChI is InChI=1S/C24H21ClFNO3/c25-19-5-1-16(2-6-19)12-27-13-21(28)15-29-22-8-3-17(4-9-22)24-23-10-7-20(26)11-18(23)14-30-24/h1-11,14,21,27-28H,12-13,15H2/t21-/m1/s1. The molecule has 0 aliphatic carbocycles. The van der Waals surface area contributed by atoms with Crippen LogP contribution in [0.2, 0.25) is 5.02 Å². The van der Waals surface area contributed by atoms with Gasteiger partial charge in [-0.05, 0) is 60.2 Å². The van der Waals surface area contributed by atoms with E-state index in [9.17, 15) is 9.50 Å². The molecule has 4 nitrogen and oxygen atoms in total. The molecule has 2 N–H and O–H groups in total. The molecule has 1 aromatic heterocycles. The fourth-order valence-electron chi connectivity index (χ4n) is 3.19. The molecule has 3 aromatic carbocycles. The van der Waals surface area contributed by atoms with Gasteiger partial charge in [-0.1, -0.05) is 23.7 Å². The highest BCUT2D eigenvalue weighted by molar-refractivity contribution is 6.30. The molecule has 0 saturated heterocycles. The molecule has 154 valence electrons. The molecule has 4 aromatic rings. The number of halogens is 2. The molecule has 0 fully saturated rings. The zero-order valence-electron chi connectivity index (χ0n) is 16.1. The minimum atomic E-state index is -0.638. The van der Waals surface area contributed by atoms with Gasteiger partial charge in [0.25, 0.3) is 0 Å². The molecule has 0 bridgehead atoms. The predicted molar refractivity (Wildman–Crippen MR) is 116 cm³/mol. The van der Waals surface area contributed by atoms with Crippen molar-refractivity contribution in [2.24, 2.45) is 0 Å². The summed E-state index contributed by atoms with van der Waals surface area (Å²) in [5.74, 6) is 1.04.